The van der Waals surface area contributed by atoms with Crippen molar-refractivity contribution in [2.45, 2.75) is 26.4 Å². The van der Waals surface area contributed by atoms with Gasteiger partial charge in [0, 0.05) is 28.5 Å². The zero-order chi connectivity index (χ0) is 22.6. The second kappa shape index (κ2) is 13.2. The van der Waals surface area contributed by atoms with Crippen LogP contribution in [0.2, 0.25) is 0 Å². The first kappa shape index (κ1) is 24.9. The first-order valence-corrected chi connectivity index (χ1v) is 12.2. The Hall–Kier alpha value is -2.33. The Morgan fingerprint density at radius 1 is 1.06 bits per heavy atom. The molecule has 31 heavy (non-hydrogen) atoms. The molecule has 1 aromatic rings. The van der Waals surface area contributed by atoms with E-state index in [9.17, 15) is 14.4 Å². The molecular weight excluding hydrogens is 440 g/mol. The predicted octanol–water partition coefficient (Wildman–Crippen LogP) is 4.45. The number of aryl methyl sites for hydroxylation is 1. The Labute approximate surface area is 190 Å². The van der Waals surface area contributed by atoms with Gasteiger partial charge < -0.3 is 14.2 Å². The predicted molar refractivity (Wildman–Crippen MR) is 125 cm³/mol. The van der Waals surface area contributed by atoms with Gasteiger partial charge >= 0.3 is 18.2 Å². The fourth-order valence-electron chi connectivity index (χ4n) is 2.48. The number of carbonyl (C=O) groups is 3. The van der Waals surface area contributed by atoms with E-state index in [4.69, 9.17) is 14.2 Å². The van der Waals surface area contributed by atoms with Gasteiger partial charge in [0.2, 0.25) is 0 Å². The number of amides is 2. The second-order valence-electron chi connectivity index (χ2n) is 6.86. The minimum Gasteiger partial charge on any atom is -0.459 e. The molecule has 0 aromatic heterocycles. The Balaban J connectivity index is 1.82. The molecular formula is C21H28N2O6S2. The molecule has 0 aliphatic carbocycles. The minimum atomic E-state index is -0.697. The molecule has 2 amide bonds. The van der Waals surface area contributed by atoms with Crippen molar-refractivity contribution in [3.63, 3.8) is 0 Å². The largest absolute Gasteiger partial charge is 0.459 e. The quantitative estimate of drug-likeness (QED) is 0.262. The highest BCUT2D eigenvalue weighted by Gasteiger charge is 2.17. The summed E-state index contributed by atoms with van der Waals surface area (Å²) in [7, 11) is 0. The third-order valence-electron chi connectivity index (χ3n) is 4.08. The van der Waals surface area contributed by atoms with Crippen molar-refractivity contribution in [1.82, 2.24) is 0 Å². The van der Waals surface area contributed by atoms with Crippen molar-refractivity contribution in [3.8, 4) is 0 Å². The van der Waals surface area contributed by atoms with Gasteiger partial charge in [0.1, 0.15) is 19.3 Å². The lowest BCUT2D eigenvalue weighted by Gasteiger charge is -2.20. The Morgan fingerprint density at radius 3 is 2.42 bits per heavy atom. The number of hydrogen-bond acceptors (Lipinski definition) is 8. The van der Waals surface area contributed by atoms with E-state index in [0.717, 1.165) is 28.6 Å². The highest BCUT2D eigenvalue weighted by molar-refractivity contribution is 8.00. The van der Waals surface area contributed by atoms with Crippen LogP contribution in [0.5, 0.6) is 0 Å². The number of rotatable bonds is 7. The maximum Gasteiger partial charge on any atom is 0.411 e. The molecule has 1 fully saturated rings. The summed E-state index contributed by atoms with van der Waals surface area (Å²) in [6.07, 6.45) is -0.177. The van der Waals surface area contributed by atoms with Gasteiger partial charge in [0.15, 0.2) is 0 Å². The normalized spacial score (nSPS) is 14.5. The zero-order valence-corrected chi connectivity index (χ0v) is 19.4. The average Bonchev–Trinajstić information content (AvgIpc) is 2.69. The number of thioether (sulfide) groups is 2. The molecule has 2 N–H and O–H groups in total. The van der Waals surface area contributed by atoms with Gasteiger partial charge in [-0.15, -0.1) is 0 Å². The van der Waals surface area contributed by atoms with Crippen LogP contribution in [0, 0.1) is 6.92 Å². The maximum absolute atomic E-state index is 12.3. The molecule has 1 heterocycles. The fourth-order valence-corrected chi connectivity index (χ4v) is 4.74. The van der Waals surface area contributed by atoms with Crippen molar-refractivity contribution < 1.29 is 28.6 Å². The molecule has 1 aliphatic heterocycles. The molecule has 8 nitrogen and oxygen atoms in total. The first-order valence-electron chi connectivity index (χ1n) is 9.85. The van der Waals surface area contributed by atoms with Gasteiger partial charge in [0.25, 0.3) is 0 Å². The molecule has 0 radical (unpaired) electrons. The number of nitrogens with one attached hydrogen (secondary N) is 2. The fraction of sp³-hybridized carbons (Fsp3) is 0.476. The van der Waals surface area contributed by atoms with E-state index in [0.29, 0.717) is 11.4 Å². The summed E-state index contributed by atoms with van der Waals surface area (Å²) in [5.41, 5.74) is 2.04. The lowest BCUT2D eigenvalue weighted by molar-refractivity contribution is -0.139. The number of esters is 1. The lowest BCUT2D eigenvalue weighted by atomic mass is 10.2. The molecule has 0 saturated carbocycles. The summed E-state index contributed by atoms with van der Waals surface area (Å²) in [6.45, 7) is 6.66. The minimum absolute atomic E-state index is 0.0662. The van der Waals surface area contributed by atoms with E-state index in [1.807, 2.05) is 6.92 Å². The van der Waals surface area contributed by atoms with E-state index >= 15 is 0 Å². The van der Waals surface area contributed by atoms with Crippen LogP contribution in [0.25, 0.3) is 0 Å². The summed E-state index contributed by atoms with van der Waals surface area (Å²) >= 11 is 3.59. The summed E-state index contributed by atoms with van der Waals surface area (Å²) in [4.78, 5) is 35.5. The van der Waals surface area contributed by atoms with Gasteiger partial charge in [-0.2, -0.15) is 23.5 Å². The van der Waals surface area contributed by atoms with Crippen LogP contribution >= 0.6 is 23.5 Å². The van der Waals surface area contributed by atoms with Crippen molar-refractivity contribution >= 4 is 53.1 Å². The van der Waals surface area contributed by atoms with Crippen molar-refractivity contribution in [2.75, 3.05) is 46.9 Å². The highest BCUT2D eigenvalue weighted by atomic mass is 32.2. The van der Waals surface area contributed by atoms with E-state index in [2.05, 4.69) is 17.2 Å². The van der Waals surface area contributed by atoms with E-state index in [1.165, 1.54) is 13.3 Å². The number of anilines is 2. The van der Waals surface area contributed by atoms with Gasteiger partial charge in [-0.05, 0) is 49.5 Å². The maximum atomic E-state index is 12.3. The van der Waals surface area contributed by atoms with Crippen molar-refractivity contribution in [1.29, 1.82) is 0 Å². The molecule has 0 atom stereocenters. The molecule has 0 spiro atoms. The van der Waals surface area contributed by atoms with Crippen LogP contribution in [0.4, 0.5) is 21.0 Å². The van der Waals surface area contributed by atoms with E-state index in [-0.39, 0.29) is 24.9 Å². The Kier molecular flexibility index (Phi) is 10.6. The van der Waals surface area contributed by atoms with Crippen molar-refractivity contribution in [3.05, 3.63) is 35.9 Å². The highest BCUT2D eigenvalue weighted by Crippen LogP contribution is 2.22. The average molecular weight is 469 g/mol. The summed E-state index contributed by atoms with van der Waals surface area (Å²) in [6, 6.07) is 5.12. The Morgan fingerprint density at radius 2 is 1.74 bits per heavy atom. The smallest absolute Gasteiger partial charge is 0.411 e. The van der Waals surface area contributed by atoms with Crippen molar-refractivity contribution in [2.24, 2.45) is 0 Å². The number of carbonyl (C=O) groups excluding carboxylic acids is 3. The molecule has 170 valence electrons. The number of ether oxygens (including phenoxy) is 3. The monoisotopic (exact) mass is 468 g/mol. The summed E-state index contributed by atoms with van der Waals surface area (Å²) < 4.78 is 15.4. The first-order chi connectivity index (χ1) is 14.8. The third kappa shape index (κ3) is 9.56. The van der Waals surface area contributed by atoms with Crippen LogP contribution < -0.4 is 10.6 Å². The standard InChI is InChI=1S/C21H28N2O6S2/c1-14(2)19(24)27-7-8-28-20(25)23-18-11-16(6-5-15(18)3)22-21(26)29-17-12-30-9-4-10-31-13-17/h5-6,11,17H,1,4,7-10,12-13H2,2-3H3,(H,22,26)(H,23,25). The van der Waals surface area contributed by atoms with E-state index < -0.39 is 18.2 Å². The lowest BCUT2D eigenvalue weighted by Crippen LogP contribution is -2.27. The van der Waals surface area contributed by atoms with Gasteiger partial charge in [-0.25, -0.2) is 14.4 Å². The number of hydrogen-bond donors (Lipinski definition) is 2. The van der Waals surface area contributed by atoms with Gasteiger partial charge in [0.05, 0.1) is 0 Å². The molecule has 0 bridgehead atoms. The van der Waals surface area contributed by atoms with Gasteiger partial charge in [-0.1, -0.05) is 12.6 Å². The molecule has 10 heteroatoms. The van der Waals surface area contributed by atoms with Gasteiger partial charge in [-0.3, -0.25) is 10.6 Å². The molecule has 1 saturated heterocycles. The van der Waals surface area contributed by atoms with E-state index in [1.54, 1.807) is 41.7 Å². The molecule has 1 aromatic carbocycles. The third-order valence-corrected chi connectivity index (χ3v) is 6.45. The van der Waals surface area contributed by atoms with Crippen LogP contribution in [0.15, 0.2) is 30.4 Å². The zero-order valence-electron chi connectivity index (χ0n) is 17.7. The van der Waals surface area contributed by atoms with Crippen LogP contribution in [0.3, 0.4) is 0 Å². The summed E-state index contributed by atoms with van der Waals surface area (Å²) in [5.74, 6) is 3.19. The molecule has 1 aliphatic rings. The van der Waals surface area contributed by atoms with Crippen LogP contribution in [-0.4, -0.2) is 60.5 Å². The number of benzene rings is 1. The molecule has 0 unspecified atom stereocenters. The molecule has 2 rings (SSSR count). The summed E-state index contributed by atoms with van der Waals surface area (Å²) in [5, 5.41) is 5.32. The van der Waals surface area contributed by atoms with Crippen LogP contribution in [-0.2, 0) is 19.0 Å². The second-order valence-corrected chi connectivity index (χ2v) is 9.16. The topological polar surface area (TPSA) is 103 Å². The Bertz CT molecular complexity index is 794. The van der Waals surface area contributed by atoms with Crippen LogP contribution in [0.1, 0.15) is 18.9 Å². The SMILES string of the molecule is C=C(C)C(=O)OCCOC(=O)Nc1cc(NC(=O)OC2CSCCCSC2)ccc1C.